The van der Waals surface area contributed by atoms with Crippen molar-refractivity contribution < 1.29 is 0 Å². The van der Waals surface area contributed by atoms with Gasteiger partial charge in [0.05, 0.1) is 5.69 Å². The standard InChI is InChI=1S/C15H25N3/c1-4-18(11-13-5-6-13)15-7-8-16-14(9-15)10-17-12(2)3/h7-9,12-13,17H,4-6,10-11H2,1-3H3. The van der Waals surface area contributed by atoms with E-state index in [1.165, 1.54) is 25.1 Å². The largest absolute Gasteiger partial charge is 0.371 e. The van der Waals surface area contributed by atoms with E-state index in [1.807, 2.05) is 6.20 Å². The normalized spacial score (nSPS) is 15.1. The Balaban J connectivity index is 1.99. The van der Waals surface area contributed by atoms with Gasteiger partial charge < -0.3 is 10.2 Å². The summed E-state index contributed by atoms with van der Waals surface area (Å²) >= 11 is 0. The van der Waals surface area contributed by atoms with Crippen LogP contribution in [-0.2, 0) is 6.54 Å². The van der Waals surface area contributed by atoms with Crippen molar-refractivity contribution >= 4 is 5.69 Å². The van der Waals surface area contributed by atoms with Crippen molar-refractivity contribution in [3.8, 4) is 0 Å². The van der Waals surface area contributed by atoms with Gasteiger partial charge in [0.15, 0.2) is 0 Å². The Labute approximate surface area is 111 Å². The molecular weight excluding hydrogens is 222 g/mol. The molecule has 0 atom stereocenters. The van der Waals surface area contributed by atoms with Gasteiger partial charge in [0.2, 0.25) is 0 Å². The molecule has 0 amide bonds. The summed E-state index contributed by atoms with van der Waals surface area (Å²) in [5.74, 6) is 0.926. The van der Waals surface area contributed by atoms with Crippen LogP contribution in [-0.4, -0.2) is 24.1 Å². The molecule has 0 aromatic carbocycles. The Morgan fingerprint density at radius 3 is 2.83 bits per heavy atom. The van der Waals surface area contributed by atoms with Crippen molar-refractivity contribution in [2.45, 2.75) is 46.2 Å². The van der Waals surface area contributed by atoms with Crippen LogP contribution in [0.3, 0.4) is 0 Å². The predicted octanol–water partition coefficient (Wildman–Crippen LogP) is 2.82. The highest BCUT2D eigenvalue weighted by Crippen LogP contribution is 2.31. The second-order valence-corrected chi connectivity index (χ2v) is 5.52. The highest BCUT2D eigenvalue weighted by Gasteiger charge is 2.23. The summed E-state index contributed by atoms with van der Waals surface area (Å²) in [7, 11) is 0. The van der Waals surface area contributed by atoms with Crippen LogP contribution in [0.5, 0.6) is 0 Å². The van der Waals surface area contributed by atoms with Gasteiger partial charge in [-0.3, -0.25) is 4.98 Å². The minimum absolute atomic E-state index is 0.504. The summed E-state index contributed by atoms with van der Waals surface area (Å²) in [6, 6.07) is 4.86. The first kappa shape index (κ1) is 13.3. The van der Waals surface area contributed by atoms with E-state index in [-0.39, 0.29) is 0 Å². The summed E-state index contributed by atoms with van der Waals surface area (Å²) < 4.78 is 0. The SMILES string of the molecule is CCN(CC1CC1)c1ccnc(CNC(C)C)c1. The van der Waals surface area contributed by atoms with E-state index >= 15 is 0 Å². The monoisotopic (exact) mass is 247 g/mol. The molecule has 1 heterocycles. The summed E-state index contributed by atoms with van der Waals surface area (Å²) in [5.41, 5.74) is 2.45. The van der Waals surface area contributed by atoms with E-state index in [2.05, 4.69) is 48.1 Å². The molecule has 3 heteroatoms. The smallest absolute Gasteiger partial charge is 0.0562 e. The first-order valence-corrected chi connectivity index (χ1v) is 7.12. The molecule has 1 aromatic rings. The zero-order chi connectivity index (χ0) is 13.0. The quantitative estimate of drug-likeness (QED) is 0.803. The minimum Gasteiger partial charge on any atom is -0.371 e. The van der Waals surface area contributed by atoms with Crippen LogP contribution in [0.15, 0.2) is 18.3 Å². The third kappa shape index (κ3) is 3.98. The van der Waals surface area contributed by atoms with Crippen LogP contribution in [0.25, 0.3) is 0 Å². The molecule has 0 bridgehead atoms. The van der Waals surface area contributed by atoms with Crippen molar-refractivity contribution in [3.05, 3.63) is 24.0 Å². The molecule has 1 saturated carbocycles. The van der Waals surface area contributed by atoms with Crippen molar-refractivity contribution in [1.82, 2.24) is 10.3 Å². The third-order valence-corrected chi connectivity index (χ3v) is 3.41. The van der Waals surface area contributed by atoms with Gasteiger partial charge in [0, 0.05) is 37.6 Å². The van der Waals surface area contributed by atoms with Crippen molar-refractivity contribution in [2.24, 2.45) is 5.92 Å². The molecule has 3 nitrogen and oxygen atoms in total. The molecule has 0 radical (unpaired) electrons. The molecule has 100 valence electrons. The molecule has 1 aromatic heterocycles. The molecule has 0 aliphatic heterocycles. The lowest BCUT2D eigenvalue weighted by Gasteiger charge is -2.23. The molecule has 1 fully saturated rings. The molecule has 2 rings (SSSR count). The fourth-order valence-electron chi connectivity index (χ4n) is 2.10. The van der Waals surface area contributed by atoms with Crippen LogP contribution < -0.4 is 10.2 Å². The summed E-state index contributed by atoms with van der Waals surface area (Å²) in [6.45, 7) is 9.70. The lowest BCUT2D eigenvalue weighted by Crippen LogP contribution is -2.26. The highest BCUT2D eigenvalue weighted by atomic mass is 15.1. The van der Waals surface area contributed by atoms with E-state index in [1.54, 1.807) is 0 Å². The Kier molecular flexibility index (Phi) is 4.59. The van der Waals surface area contributed by atoms with Crippen molar-refractivity contribution in [2.75, 3.05) is 18.0 Å². The first-order chi connectivity index (χ1) is 8.69. The fourth-order valence-corrected chi connectivity index (χ4v) is 2.10. The molecule has 1 aliphatic carbocycles. The first-order valence-electron chi connectivity index (χ1n) is 7.12. The van der Waals surface area contributed by atoms with Crippen LogP contribution in [0, 0.1) is 5.92 Å². The average Bonchev–Trinajstić information content (AvgIpc) is 3.18. The van der Waals surface area contributed by atoms with E-state index in [0.717, 1.165) is 24.7 Å². The zero-order valence-corrected chi connectivity index (χ0v) is 11.8. The Morgan fingerprint density at radius 2 is 2.22 bits per heavy atom. The zero-order valence-electron chi connectivity index (χ0n) is 11.8. The predicted molar refractivity (Wildman–Crippen MR) is 76.8 cm³/mol. The Hall–Kier alpha value is -1.09. The second-order valence-electron chi connectivity index (χ2n) is 5.52. The van der Waals surface area contributed by atoms with Gasteiger partial charge in [-0.15, -0.1) is 0 Å². The summed E-state index contributed by atoms with van der Waals surface area (Å²) in [6.07, 6.45) is 4.74. The molecule has 1 aliphatic rings. The van der Waals surface area contributed by atoms with Crippen molar-refractivity contribution in [3.63, 3.8) is 0 Å². The summed E-state index contributed by atoms with van der Waals surface area (Å²) in [5, 5.41) is 3.42. The molecule has 18 heavy (non-hydrogen) atoms. The number of nitrogens with one attached hydrogen (secondary N) is 1. The second kappa shape index (κ2) is 6.19. The van der Waals surface area contributed by atoms with Gasteiger partial charge in [-0.2, -0.15) is 0 Å². The number of rotatable bonds is 7. The number of hydrogen-bond acceptors (Lipinski definition) is 3. The topological polar surface area (TPSA) is 28.2 Å². The maximum absolute atomic E-state index is 4.43. The van der Waals surface area contributed by atoms with Crippen LogP contribution >= 0.6 is 0 Å². The lowest BCUT2D eigenvalue weighted by molar-refractivity contribution is 0.581. The molecule has 0 unspecified atom stereocenters. The molecular formula is C15H25N3. The maximum atomic E-state index is 4.43. The highest BCUT2D eigenvalue weighted by molar-refractivity contribution is 5.46. The molecule has 0 spiro atoms. The van der Waals surface area contributed by atoms with Crippen LogP contribution in [0.2, 0.25) is 0 Å². The van der Waals surface area contributed by atoms with E-state index in [9.17, 15) is 0 Å². The molecule has 0 saturated heterocycles. The van der Waals surface area contributed by atoms with Gasteiger partial charge in [-0.1, -0.05) is 13.8 Å². The van der Waals surface area contributed by atoms with Gasteiger partial charge in [-0.25, -0.2) is 0 Å². The van der Waals surface area contributed by atoms with Gasteiger partial charge in [-0.05, 0) is 37.8 Å². The fraction of sp³-hybridized carbons (Fsp3) is 0.667. The average molecular weight is 247 g/mol. The number of pyridine rings is 1. The van der Waals surface area contributed by atoms with E-state index in [0.29, 0.717) is 6.04 Å². The van der Waals surface area contributed by atoms with Crippen LogP contribution in [0.4, 0.5) is 5.69 Å². The van der Waals surface area contributed by atoms with Crippen molar-refractivity contribution in [1.29, 1.82) is 0 Å². The molecule has 1 N–H and O–H groups in total. The summed E-state index contributed by atoms with van der Waals surface area (Å²) in [4.78, 5) is 6.90. The Bertz CT molecular complexity index is 372. The number of anilines is 1. The number of aromatic nitrogens is 1. The third-order valence-electron chi connectivity index (χ3n) is 3.41. The van der Waals surface area contributed by atoms with E-state index < -0.39 is 0 Å². The van der Waals surface area contributed by atoms with Crippen LogP contribution in [0.1, 0.15) is 39.3 Å². The number of hydrogen-bond donors (Lipinski definition) is 1. The van der Waals surface area contributed by atoms with E-state index in [4.69, 9.17) is 0 Å². The number of nitrogens with zero attached hydrogens (tertiary/aromatic N) is 2. The minimum atomic E-state index is 0.504. The maximum Gasteiger partial charge on any atom is 0.0562 e. The van der Waals surface area contributed by atoms with Gasteiger partial charge >= 0.3 is 0 Å². The lowest BCUT2D eigenvalue weighted by atomic mass is 10.2. The van der Waals surface area contributed by atoms with Gasteiger partial charge in [0.25, 0.3) is 0 Å². The Morgan fingerprint density at radius 1 is 1.44 bits per heavy atom. The van der Waals surface area contributed by atoms with Gasteiger partial charge in [0.1, 0.15) is 0 Å².